The largest absolute Gasteiger partial charge is 0.541 e. The minimum atomic E-state index is -0.710. The molecule has 123 valence electrons. The van der Waals surface area contributed by atoms with Crippen LogP contribution in [-0.4, -0.2) is 35.5 Å². The molecule has 0 aliphatic carbocycles. The van der Waals surface area contributed by atoms with Gasteiger partial charge in [0.25, 0.3) is 5.91 Å². The molecule has 8 heteroatoms. The first-order valence-electron chi connectivity index (χ1n) is 6.67. The Morgan fingerprint density at radius 3 is 2.00 bits per heavy atom. The minimum Gasteiger partial charge on any atom is -0.541 e. The molecule has 0 aliphatic rings. The number of Topliss-reactive ketones (excluding diaryl/α,β-unsaturated/α-hetero) is 3. The SMILES string of the molecule is CC(=O)CC(=O)NC(=O)c1ccc(C(=O)CC(=O)C[C-]=O)cc1.[Y]. The molecule has 0 saturated carbocycles. The molecule has 1 aromatic rings. The van der Waals surface area contributed by atoms with Gasteiger partial charge in [0.15, 0.2) is 5.78 Å². The van der Waals surface area contributed by atoms with Crippen molar-refractivity contribution >= 4 is 35.5 Å². The summed E-state index contributed by atoms with van der Waals surface area (Å²) < 4.78 is 0. The smallest absolute Gasteiger partial charge is 0.257 e. The van der Waals surface area contributed by atoms with Crippen LogP contribution in [0.15, 0.2) is 24.3 Å². The molecule has 0 atom stereocenters. The number of ketones is 3. The maximum Gasteiger partial charge on any atom is 0.257 e. The zero-order valence-corrected chi connectivity index (χ0v) is 15.8. The van der Waals surface area contributed by atoms with Gasteiger partial charge in [-0.2, -0.15) is 0 Å². The van der Waals surface area contributed by atoms with E-state index >= 15 is 0 Å². The van der Waals surface area contributed by atoms with Crippen LogP contribution in [0.5, 0.6) is 0 Å². The van der Waals surface area contributed by atoms with Crippen LogP contribution in [0.2, 0.25) is 0 Å². The normalized spacial score (nSPS) is 9.38. The van der Waals surface area contributed by atoms with Crippen molar-refractivity contribution in [1.82, 2.24) is 5.32 Å². The summed E-state index contributed by atoms with van der Waals surface area (Å²) in [4.78, 5) is 66.9. The van der Waals surface area contributed by atoms with Crippen molar-refractivity contribution in [3.8, 4) is 0 Å². The van der Waals surface area contributed by atoms with E-state index in [4.69, 9.17) is 0 Å². The summed E-state index contributed by atoms with van der Waals surface area (Å²) in [7, 11) is 0. The number of imide groups is 1. The van der Waals surface area contributed by atoms with E-state index in [2.05, 4.69) is 0 Å². The van der Waals surface area contributed by atoms with Crippen molar-refractivity contribution in [1.29, 1.82) is 0 Å². The zero-order chi connectivity index (χ0) is 17.4. The molecule has 24 heavy (non-hydrogen) atoms. The Balaban J connectivity index is 0.00000529. The maximum absolute atomic E-state index is 11.8. The van der Waals surface area contributed by atoms with Crippen molar-refractivity contribution in [3.63, 3.8) is 0 Å². The Morgan fingerprint density at radius 1 is 0.958 bits per heavy atom. The first-order valence-corrected chi connectivity index (χ1v) is 6.67. The Bertz CT molecular complexity index is 666. The van der Waals surface area contributed by atoms with Crippen molar-refractivity contribution in [2.45, 2.75) is 26.2 Å². The fourth-order valence-electron chi connectivity index (χ4n) is 1.70. The van der Waals surface area contributed by atoms with E-state index in [-0.39, 0.29) is 49.6 Å². The molecule has 0 aliphatic heterocycles. The molecule has 0 aromatic heterocycles. The molecule has 0 spiro atoms. The van der Waals surface area contributed by atoms with E-state index in [0.717, 1.165) is 0 Å². The van der Waals surface area contributed by atoms with Crippen LogP contribution < -0.4 is 5.32 Å². The average molecular weight is 405 g/mol. The molecular formula is C16H14NO6Y-. The Morgan fingerprint density at radius 2 is 1.50 bits per heavy atom. The number of hydrogen-bond acceptors (Lipinski definition) is 6. The number of amides is 2. The Hall–Kier alpha value is -1.86. The van der Waals surface area contributed by atoms with E-state index < -0.39 is 42.6 Å². The summed E-state index contributed by atoms with van der Waals surface area (Å²) in [6, 6.07) is 5.31. The third kappa shape index (κ3) is 7.61. The van der Waals surface area contributed by atoms with Gasteiger partial charge in [-0.3, -0.25) is 30.8 Å². The predicted molar refractivity (Wildman–Crippen MR) is 78.5 cm³/mol. The molecule has 1 radical (unpaired) electrons. The number of benzene rings is 1. The third-order valence-corrected chi connectivity index (χ3v) is 2.76. The fraction of sp³-hybridized carbons (Fsp3) is 0.250. The monoisotopic (exact) mass is 405 g/mol. The molecule has 0 saturated heterocycles. The van der Waals surface area contributed by atoms with Crippen LogP contribution in [0.25, 0.3) is 0 Å². The van der Waals surface area contributed by atoms with Crippen molar-refractivity contribution in [2.75, 3.05) is 0 Å². The second-order valence-electron chi connectivity index (χ2n) is 4.79. The molecule has 0 bridgehead atoms. The molecular weight excluding hydrogens is 391 g/mol. The number of carbonyl (C=O) groups is 5. The predicted octanol–water partition coefficient (Wildman–Crippen LogP) is 0.561. The molecule has 0 heterocycles. The number of rotatable bonds is 8. The minimum absolute atomic E-state index is 0. The van der Waals surface area contributed by atoms with Gasteiger partial charge in [-0.25, -0.2) is 0 Å². The second-order valence-corrected chi connectivity index (χ2v) is 4.79. The number of hydrogen-bond donors (Lipinski definition) is 1. The summed E-state index contributed by atoms with van der Waals surface area (Å²) in [5.74, 6) is -2.79. The summed E-state index contributed by atoms with van der Waals surface area (Å²) >= 11 is 0. The Kier molecular flexibility index (Phi) is 9.99. The van der Waals surface area contributed by atoms with Gasteiger partial charge in [-0.15, -0.1) is 0 Å². The van der Waals surface area contributed by atoms with Crippen molar-refractivity contribution in [3.05, 3.63) is 35.4 Å². The zero-order valence-electron chi connectivity index (χ0n) is 13.0. The van der Waals surface area contributed by atoms with Gasteiger partial charge in [0.05, 0.1) is 12.8 Å². The van der Waals surface area contributed by atoms with Gasteiger partial charge in [-0.05, 0) is 19.1 Å². The van der Waals surface area contributed by atoms with Crippen molar-refractivity contribution < 1.29 is 61.5 Å². The quantitative estimate of drug-likeness (QED) is 0.384. The second kappa shape index (κ2) is 10.8. The number of carbonyl (C=O) groups excluding carboxylic acids is 6. The molecule has 1 N–H and O–H groups in total. The topological polar surface area (TPSA) is 114 Å². The fourth-order valence-corrected chi connectivity index (χ4v) is 1.70. The van der Waals surface area contributed by atoms with Gasteiger partial charge in [-0.1, -0.05) is 18.6 Å². The van der Waals surface area contributed by atoms with Crippen LogP contribution in [0.4, 0.5) is 0 Å². The van der Waals surface area contributed by atoms with E-state index in [0.29, 0.717) is 0 Å². The van der Waals surface area contributed by atoms with E-state index in [1.807, 2.05) is 5.32 Å². The van der Waals surface area contributed by atoms with Gasteiger partial charge < -0.3 is 9.59 Å². The first kappa shape index (κ1) is 22.1. The average Bonchev–Trinajstić information content (AvgIpc) is 2.46. The number of nitrogens with one attached hydrogen (secondary N) is 1. The molecule has 2 amide bonds. The summed E-state index contributed by atoms with van der Waals surface area (Å²) in [5, 5.41) is 2.04. The van der Waals surface area contributed by atoms with Gasteiger partial charge in [0.2, 0.25) is 5.91 Å². The third-order valence-electron chi connectivity index (χ3n) is 2.76. The molecule has 0 unspecified atom stereocenters. The van der Waals surface area contributed by atoms with Crippen molar-refractivity contribution in [2.24, 2.45) is 0 Å². The first-order chi connectivity index (χ1) is 10.8. The van der Waals surface area contributed by atoms with Crippen LogP contribution in [0, 0.1) is 0 Å². The molecule has 1 aromatic carbocycles. The van der Waals surface area contributed by atoms with Crippen LogP contribution in [-0.2, 0) is 51.9 Å². The van der Waals surface area contributed by atoms with Crippen LogP contribution in [0.3, 0.4) is 0 Å². The summed E-state index contributed by atoms with van der Waals surface area (Å²) in [6.07, 6.45) is 0.170. The van der Waals surface area contributed by atoms with Gasteiger partial charge in [0, 0.05) is 43.8 Å². The summed E-state index contributed by atoms with van der Waals surface area (Å²) in [6.45, 7) is 1.23. The molecule has 7 nitrogen and oxygen atoms in total. The standard InChI is InChI=1S/C16H14NO6.Y/c1-10(19)8-15(22)17-16(23)12-4-2-11(3-5-12)14(21)9-13(20)6-7-18;/h2-5H,6,8-9H2,1H3,(H,17,22,23);/q-1;. The van der Waals surface area contributed by atoms with E-state index in [9.17, 15) is 28.8 Å². The maximum atomic E-state index is 11.8. The van der Waals surface area contributed by atoms with Gasteiger partial charge >= 0.3 is 0 Å². The van der Waals surface area contributed by atoms with Gasteiger partial charge in [0.1, 0.15) is 11.6 Å². The molecule has 0 fully saturated rings. The van der Waals surface area contributed by atoms with E-state index in [1.54, 1.807) is 0 Å². The summed E-state index contributed by atoms with van der Waals surface area (Å²) in [5.41, 5.74) is 0.335. The molecule has 1 rings (SSSR count). The van der Waals surface area contributed by atoms with Crippen LogP contribution in [0.1, 0.15) is 46.9 Å². The Labute approximate surface area is 163 Å². The van der Waals surface area contributed by atoms with E-state index in [1.165, 1.54) is 37.5 Å². The van der Waals surface area contributed by atoms with Crippen LogP contribution >= 0.6 is 0 Å².